The standard InChI is InChI=1S/C19H22ClN3O3/c1-18(2,3)26-17(24)23-8-6-19(7-9-23)14-11-21-22-16(14)13-5-4-12(20)10-15(13)25-19/h4-5,10-11H,6-9H2,1-3H3,(H,21,22). The summed E-state index contributed by atoms with van der Waals surface area (Å²) in [6.07, 6.45) is 2.89. The van der Waals surface area contributed by atoms with Crippen molar-refractivity contribution >= 4 is 17.7 Å². The molecular formula is C19H22ClN3O3. The summed E-state index contributed by atoms with van der Waals surface area (Å²) in [5.41, 5.74) is 1.96. The number of benzene rings is 1. The van der Waals surface area contributed by atoms with Crippen molar-refractivity contribution in [1.29, 1.82) is 0 Å². The maximum Gasteiger partial charge on any atom is 0.410 e. The molecule has 3 heterocycles. The van der Waals surface area contributed by atoms with Crippen molar-refractivity contribution in [2.75, 3.05) is 13.1 Å². The van der Waals surface area contributed by atoms with Crippen molar-refractivity contribution in [3.8, 4) is 17.0 Å². The Balaban J connectivity index is 1.59. The number of likely N-dealkylation sites (tertiary alicyclic amines) is 1. The van der Waals surface area contributed by atoms with E-state index in [0.29, 0.717) is 31.0 Å². The molecule has 1 N–H and O–H groups in total. The van der Waals surface area contributed by atoms with Gasteiger partial charge < -0.3 is 14.4 Å². The van der Waals surface area contributed by atoms with Gasteiger partial charge in [0, 0.05) is 42.1 Å². The van der Waals surface area contributed by atoms with E-state index in [0.717, 1.165) is 22.6 Å². The Labute approximate surface area is 157 Å². The Kier molecular flexibility index (Phi) is 3.91. The van der Waals surface area contributed by atoms with E-state index < -0.39 is 11.2 Å². The summed E-state index contributed by atoms with van der Waals surface area (Å²) in [4.78, 5) is 14.1. The number of ether oxygens (including phenoxy) is 2. The van der Waals surface area contributed by atoms with E-state index in [1.807, 2.05) is 45.2 Å². The van der Waals surface area contributed by atoms with Gasteiger partial charge in [0.2, 0.25) is 0 Å². The van der Waals surface area contributed by atoms with Gasteiger partial charge in [0.15, 0.2) is 0 Å². The van der Waals surface area contributed by atoms with Crippen LogP contribution in [0.25, 0.3) is 11.3 Å². The third-order valence-electron chi connectivity index (χ3n) is 4.87. The zero-order valence-electron chi connectivity index (χ0n) is 15.1. The van der Waals surface area contributed by atoms with Crippen LogP contribution in [0.1, 0.15) is 39.2 Å². The van der Waals surface area contributed by atoms with Gasteiger partial charge in [-0.2, -0.15) is 5.10 Å². The highest BCUT2D eigenvalue weighted by Gasteiger charge is 2.45. The Morgan fingerprint density at radius 1 is 1.35 bits per heavy atom. The number of fused-ring (bicyclic) bond motifs is 4. The van der Waals surface area contributed by atoms with Gasteiger partial charge in [0.25, 0.3) is 0 Å². The normalized spacial score (nSPS) is 18.1. The minimum atomic E-state index is -0.501. The number of carbonyl (C=O) groups excluding carboxylic acids is 1. The first-order chi connectivity index (χ1) is 12.3. The third-order valence-corrected chi connectivity index (χ3v) is 5.11. The van der Waals surface area contributed by atoms with Crippen LogP contribution in [0.15, 0.2) is 24.4 Å². The molecule has 0 bridgehead atoms. The van der Waals surface area contributed by atoms with Crippen LogP contribution < -0.4 is 4.74 Å². The average Bonchev–Trinajstić information content (AvgIpc) is 3.04. The molecule has 1 amide bonds. The second-order valence-corrected chi connectivity index (χ2v) is 8.30. The molecular weight excluding hydrogens is 354 g/mol. The molecule has 0 radical (unpaired) electrons. The van der Waals surface area contributed by atoms with E-state index in [4.69, 9.17) is 21.1 Å². The molecule has 6 nitrogen and oxygen atoms in total. The molecule has 2 aliphatic rings. The molecule has 1 aromatic carbocycles. The number of amides is 1. The van der Waals surface area contributed by atoms with Gasteiger partial charge in [0.05, 0.1) is 11.9 Å². The predicted molar refractivity (Wildman–Crippen MR) is 98.4 cm³/mol. The average molecular weight is 376 g/mol. The van der Waals surface area contributed by atoms with Crippen molar-refractivity contribution in [2.24, 2.45) is 0 Å². The van der Waals surface area contributed by atoms with E-state index in [-0.39, 0.29) is 6.09 Å². The lowest BCUT2D eigenvalue weighted by Gasteiger charge is -2.44. The molecule has 7 heteroatoms. The molecule has 4 rings (SSSR count). The molecule has 0 aliphatic carbocycles. The van der Waals surface area contributed by atoms with Crippen LogP contribution in [0.3, 0.4) is 0 Å². The van der Waals surface area contributed by atoms with E-state index in [9.17, 15) is 4.79 Å². The van der Waals surface area contributed by atoms with Crippen LogP contribution in [-0.2, 0) is 10.3 Å². The number of hydrogen-bond donors (Lipinski definition) is 1. The second kappa shape index (κ2) is 5.91. The van der Waals surface area contributed by atoms with Crippen LogP contribution >= 0.6 is 11.6 Å². The first-order valence-electron chi connectivity index (χ1n) is 8.78. The predicted octanol–water partition coefficient (Wildman–Crippen LogP) is 4.35. The SMILES string of the molecule is CC(C)(C)OC(=O)N1CCC2(CC1)Oc1cc(Cl)ccc1-c1[nH]ncc12. The summed E-state index contributed by atoms with van der Waals surface area (Å²) in [5.74, 6) is 0.750. The van der Waals surface area contributed by atoms with Crippen LogP contribution in [0.4, 0.5) is 4.79 Å². The van der Waals surface area contributed by atoms with Gasteiger partial charge in [-0.3, -0.25) is 5.10 Å². The Bertz CT molecular complexity index is 848. The largest absolute Gasteiger partial charge is 0.482 e. The minimum absolute atomic E-state index is 0.279. The molecule has 0 atom stereocenters. The summed E-state index contributed by atoms with van der Waals surface area (Å²) in [6, 6.07) is 5.62. The van der Waals surface area contributed by atoms with Gasteiger partial charge >= 0.3 is 6.09 Å². The number of piperidine rings is 1. The summed E-state index contributed by atoms with van der Waals surface area (Å²) in [5, 5.41) is 7.96. The molecule has 1 aromatic heterocycles. The van der Waals surface area contributed by atoms with Crippen LogP contribution in [0, 0.1) is 0 Å². The van der Waals surface area contributed by atoms with Crippen molar-refractivity contribution in [3.63, 3.8) is 0 Å². The zero-order valence-corrected chi connectivity index (χ0v) is 15.9. The Morgan fingerprint density at radius 2 is 2.08 bits per heavy atom. The number of carbonyl (C=O) groups is 1. The maximum atomic E-state index is 12.4. The molecule has 1 fully saturated rings. The van der Waals surface area contributed by atoms with Gasteiger partial charge in [-0.1, -0.05) is 11.6 Å². The molecule has 0 saturated carbocycles. The zero-order chi connectivity index (χ0) is 18.5. The van der Waals surface area contributed by atoms with E-state index in [1.165, 1.54) is 0 Å². The highest BCUT2D eigenvalue weighted by Crippen LogP contribution is 2.49. The van der Waals surface area contributed by atoms with Crippen molar-refractivity contribution in [2.45, 2.75) is 44.8 Å². The van der Waals surface area contributed by atoms with Gasteiger partial charge in [-0.25, -0.2) is 4.79 Å². The number of aromatic amines is 1. The number of rotatable bonds is 0. The van der Waals surface area contributed by atoms with Crippen molar-refractivity contribution < 1.29 is 14.3 Å². The molecule has 0 unspecified atom stereocenters. The number of aromatic nitrogens is 2. The van der Waals surface area contributed by atoms with Crippen molar-refractivity contribution in [1.82, 2.24) is 15.1 Å². The summed E-state index contributed by atoms with van der Waals surface area (Å²) < 4.78 is 11.9. The van der Waals surface area contributed by atoms with Gasteiger partial charge in [0.1, 0.15) is 17.0 Å². The second-order valence-electron chi connectivity index (χ2n) is 7.86. The number of hydrogen-bond acceptors (Lipinski definition) is 4. The van der Waals surface area contributed by atoms with E-state index >= 15 is 0 Å². The first-order valence-corrected chi connectivity index (χ1v) is 9.16. The van der Waals surface area contributed by atoms with Gasteiger partial charge in [-0.05, 0) is 39.0 Å². The topological polar surface area (TPSA) is 67.4 Å². The van der Waals surface area contributed by atoms with Gasteiger partial charge in [-0.15, -0.1) is 0 Å². The Hall–Kier alpha value is -2.21. The van der Waals surface area contributed by atoms with Crippen LogP contribution in [-0.4, -0.2) is 39.9 Å². The fraction of sp³-hybridized carbons (Fsp3) is 0.474. The fourth-order valence-electron chi connectivity index (χ4n) is 3.64. The molecule has 2 aromatic rings. The third kappa shape index (κ3) is 2.92. The van der Waals surface area contributed by atoms with E-state index in [1.54, 1.807) is 4.90 Å². The maximum absolute atomic E-state index is 12.4. The Morgan fingerprint density at radius 3 is 2.77 bits per heavy atom. The lowest BCUT2D eigenvalue weighted by molar-refractivity contribution is -0.0216. The highest BCUT2D eigenvalue weighted by atomic mass is 35.5. The molecule has 26 heavy (non-hydrogen) atoms. The monoisotopic (exact) mass is 375 g/mol. The summed E-state index contributed by atoms with van der Waals surface area (Å²) in [7, 11) is 0. The quantitative estimate of drug-likeness (QED) is 0.743. The fourth-order valence-corrected chi connectivity index (χ4v) is 3.80. The summed E-state index contributed by atoms with van der Waals surface area (Å²) >= 11 is 6.16. The number of nitrogens with zero attached hydrogens (tertiary/aromatic N) is 2. The van der Waals surface area contributed by atoms with E-state index in [2.05, 4.69) is 10.2 Å². The molecule has 1 saturated heterocycles. The number of H-pyrrole nitrogens is 1. The number of halogens is 1. The smallest absolute Gasteiger partial charge is 0.410 e. The number of nitrogens with one attached hydrogen (secondary N) is 1. The first kappa shape index (κ1) is 17.2. The minimum Gasteiger partial charge on any atom is -0.482 e. The lowest BCUT2D eigenvalue weighted by Crippen LogP contribution is -2.49. The summed E-state index contributed by atoms with van der Waals surface area (Å²) in [6.45, 7) is 6.75. The lowest BCUT2D eigenvalue weighted by atomic mass is 9.81. The van der Waals surface area contributed by atoms with Crippen LogP contribution in [0.2, 0.25) is 5.02 Å². The highest BCUT2D eigenvalue weighted by molar-refractivity contribution is 6.30. The van der Waals surface area contributed by atoms with Crippen LogP contribution in [0.5, 0.6) is 5.75 Å². The molecule has 2 aliphatic heterocycles. The molecule has 1 spiro atoms. The molecule has 138 valence electrons. The van der Waals surface area contributed by atoms with Crippen molar-refractivity contribution in [3.05, 3.63) is 35.0 Å².